The van der Waals surface area contributed by atoms with Gasteiger partial charge in [-0.25, -0.2) is 0 Å². The van der Waals surface area contributed by atoms with Gasteiger partial charge in [-0.15, -0.1) is 6.58 Å². The van der Waals surface area contributed by atoms with E-state index in [0.29, 0.717) is 6.61 Å². The van der Waals surface area contributed by atoms with E-state index in [1.807, 2.05) is 13.8 Å². The Hall–Kier alpha value is -0.830. The molecule has 1 rings (SSSR count). The summed E-state index contributed by atoms with van der Waals surface area (Å²) in [5, 5.41) is 9.32. The minimum atomic E-state index is -0.527. The molecule has 0 aromatic carbocycles. The fourth-order valence-electron chi connectivity index (χ4n) is 1.08. The summed E-state index contributed by atoms with van der Waals surface area (Å²) in [5.74, 6) is -0.568. The number of aliphatic hydroxyl groups excluding tert-OH is 1. The molecular weight excluding hydrogens is 168 g/mol. The second kappa shape index (κ2) is 5.75. The third-order valence-electron chi connectivity index (χ3n) is 1.96. The molecule has 0 radical (unpaired) electrons. The van der Waals surface area contributed by atoms with Crippen molar-refractivity contribution in [1.82, 2.24) is 0 Å². The molecule has 2 unspecified atom stereocenters. The summed E-state index contributed by atoms with van der Waals surface area (Å²) >= 11 is 0. The Morgan fingerprint density at radius 2 is 2.08 bits per heavy atom. The predicted octanol–water partition coefficient (Wildman–Crippen LogP) is 1.37. The summed E-state index contributed by atoms with van der Waals surface area (Å²) < 4.78 is 4.77. The molecular formula is C10H18O3. The number of hydrogen-bond donors (Lipinski definition) is 1. The topological polar surface area (TPSA) is 46.5 Å². The lowest BCUT2D eigenvalue weighted by Crippen LogP contribution is -2.40. The number of cyclic esters (lactones) is 1. The number of allylic oxidation sites excluding steroid dienone is 1. The normalized spacial score (nSPS) is 32.6. The van der Waals surface area contributed by atoms with E-state index >= 15 is 0 Å². The average molecular weight is 186 g/mol. The Labute approximate surface area is 79.4 Å². The van der Waals surface area contributed by atoms with Gasteiger partial charge in [0.15, 0.2) is 0 Å². The van der Waals surface area contributed by atoms with E-state index in [-0.39, 0.29) is 17.8 Å². The summed E-state index contributed by atoms with van der Waals surface area (Å²) in [7, 11) is 0. The summed E-state index contributed by atoms with van der Waals surface area (Å²) in [4.78, 5) is 10.8. The molecule has 0 saturated carbocycles. The van der Waals surface area contributed by atoms with E-state index in [4.69, 9.17) is 4.74 Å². The summed E-state index contributed by atoms with van der Waals surface area (Å²) in [5.41, 5.74) is 0. The van der Waals surface area contributed by atoms with Crippen molar-refractivity contribution in [2.75, 3.05) is 6.61 Å². The largest absolute Gasteiger partial charge is 0.465 e. The van der Waals surface area contributed by atoms with Gasteiger partial charge in [0.05, 0.1) is 18.6 Å². The molecule has 0 aromatic rings. The van der Waals surface area contributed by atoms with Crippen LogP contribution in [0.4, 0.5) is 0 Å². The maximum absolute atomic E-state index is 10.8. The highest BCUT2D eigenvalue weighted by Crippen LogP contribution is 2.20. The molecule has 0 spiro atoms. The quantitative estimate of drug-likeness (QED) is 0.459. The first kappa shape index (κ1) is 12.2. The smallest absolute Gasteiger partial charge is 0.311 e. The van der Waals surface area contributed by atoms with Gasteiger partial charge in [0.25, 0.3) is 0 Å². The van der Waals surface area contributed by atoms with Gasteiger partial charge in [-0.05, 0) is 13.8 Å². The second-order valence-electron chi connectivity index (χ2n) is 3.29. The standard InChI is InChI=1S/C7H12O3.C3H6/c1-4-3-10-7(9)5(2)6(4)8;1-3-2/h4-6,8H,3H2,1-2H3;3H,1H2,2H3/t4-,5?,6?;/m0./s1. The van der Waals surface area contributed by atoms with Gasteiger partial charge in [0.2, 0.25) is 0 Å². The molecule has 0 aromatic heterocycles. The van der Waals surface area contributed by atoms with Crippen LogP contribution in [0.3, 0.4) is 0 Å². The van der Waals surface area contributed by atoms with Crippen LogP contribution in [0.2, 0.25) is 0 Å². The molecule has 1 aliphatic heterocycles. The fraction of sp³-hybridized carbons (Fsp3) is 0.700. The van der Waals surface area contributed by atoms with E-state index in [9.17, 15) is 9.90 Å². The van der Waals surface area contributed by atoms with Crippen LogP contribution in [0, 0.1) is 11.8 Å². The zero-order valence-electron chi connectivity index (χ0n) is 8.49. The molecule has 0 aliphatic carbocycles. The molecule has 3 atom stereocenters. The Kier molecular flexibility index (Phi) is 5.39. The minimum Gasteiger partial charge on any atom is -0.465 e. The van der Waals surface area contributed by atoms with Gasteiger partial charge in [-0.2, -0.15) is 0 Å². The highest BCUT2D eigenvalue weighted by Gasteiger charge is 2.33. The average Bonchev–Trinajstić information content (AvgIpc) is 2.10. The Morgan fingerprint density at radius 3 is 2.46 bits per heavy atom. The minimum absolute atomic E-state index is 0.0766. The van der Waals surface area contributed by atoms with Crippen LogP contribution in [-0.2, 0) is 9.53 Å². The third kappa shape index (κ3) is 3.59. The molecule has 0 amide bonds. The maximum atomic E-state index is 10.8. The highest BCUT2D eigenvalue weighted by atomic mass is 16.5. The van der Waals surface area contributed by atoms with Gasteiger partial charge in [-0.1, -0.05) is 13.0 Å². The summed E-state index contributed by atoms with van der Waals surface area (Å²) in [6, 6.07) is 0. The van der Waals surface area contributed by atoms with Crippen molar-refractivity contribution in [2.45, 2.75) is 26.9 Å². The van der Waals surface area contributed by atoms with E-state index in [1.165, 1.54) is 0 Å². The van der Waals surface area contributed by atoms with Gasteiger partial charge >= 0.3 is 5.97 Å². The molecule has 1 saturated heterocycles. The lowest BCUT2D eigenvalue weighted by atomic mass is 9.92. The third-order valence-corrected chi connectivity index (χ3v) is 1.96. The Bertz CT molecular complexity index is 177. The number of ether oxygens (including phenoxy) is 1. The van der Waals surface area contributed by atoms with E-state index in [0.717, 1.165) is 0 Å². The van der Waals surface area contributed by atoms with Crippen LogP contribution in [0.15, 0.2) is 12.7 Å². The highest BCUT2D eigenvalue weighted by molar-refractivity contribution is 5.73. The molecule has 3 heteroatoms. The molecule has 1 fully saturated rings. The number of aliphatic hydroxyl groups is 1. The number of esters is 1. The fourth-order valence-corrected chi connectivity index (χ4v) is 1.08. The second-order valence-corrected chi connectivity index (χ2v) is 3.29. The van der Waals surface area contributed by atoms with E-state index in [1.54, 1.807) is 13.0 Å². The first-order valence-electron chi connectivity index (χ1n) is 4.46. The van der Waals surface area contributed by atoms with E-state index < -0.39 is 6.10 Å². The van der Waals surface area contributed by atoms with Gasteiger partial charge in [0.1, 0.15) is 0 Å². The van der Waals surface area contributed by atoms with Crippen LogP contribution in [-0.4, -0.2) is 23.8 Å². The zero-order chi connectivity index (χ0) is 10.4. The van der Waals surface area contributed by atoms with Crippen molar-refractivity contribution in [2.24, 2.45) is 11.8 Å². The first-order valence-corrected chi connectivity index (χ1v) is 4.46. The predicted molar refractivity (Wildman–Crippen MR) is 51.2 cm³/mol. The van der Waals surface area contributed by atoms with Crippen molar-refractivity contribution in [1.29, 1.82) is 0 Å². The number of carbonyl (C=O) groups excluding carboxylic acids is 1. The molecule has 1 heterocycles. The molecule has 76 valence electrons. The van der Waals surface area contributed by atoms with Crippen LogP contribution >= 0.6 is 0 Å². The van der Waals surface area contributed by atoms with Crippen LogP contribution in [0.1, 0.15) is 20.8 Å². The first-order chi connectivity index (χ1) is 6.04. The summed E-state index contributed by atoms with van der Waals surface area (Å²) in [6.07, 6.45) is 1.22. The summed E-state index contributed by atoms with van der Waals surface area (Å²) in [6.45, 7) is 9.15. The molecule has 1 aliphatic rings. The van der Waals surface area contributed by atoms with Gasteiger partial charge in [-0.3, -0.25) is 4.79 Å². The monoisotopic (exact) mass is 186 g/mol. The van der Waals surface area contributed by atoms with Crippen molar-refractivity contribution >= 4 is 5.97 Å². The van der Waals surface area contributed by atoms with Crippen LogP contribution in [0.5, 0.6) is 0 Å². The number of rotatable bonds is 0. The van der Waals surface area contributed by atoms with Gasteiger partial charge < -0.3 is 9.84 Å². The van der Waals surface area contributed by atoms with Gasteiger partial charge in [0, 0.05) is 5.92 Å². The van der Waals surface area contributed by atoms with Crippen LogP contribution in [0.25, 0.3) is 0 Å². The Morgan fingerprint density at radius 1 is 1.62 bits per heavy atom. The molecule has 13 heavy (non-hydrogen) atoms. The van der Waals surface area contributed by atoms with Crippen molar-refractivity contribution < 1.29 is 14.6 Å². The lowest BCUT2D eigenvalue weighted by molar-refractivity contribution is -0.164. The van der Waals surface area contributed by atoms with Crippen molar-refractivity contribution in [3.05, 3.63) is 12.7 Å². The van der Waals surface area contributed by atoms with Crippen molar-refractivity contribution in [3.8, 4) is 0 Å². The zero-order valence-corrected chi connectivity index (χ0v) is 8.49. The Balaban J connectivity index is 0.000000424. The lowest BCUT2D eigenvalue weighted by Gasteiger charge is -2.28. The number of carbonyl (C=O) groups is 1. The maximum Gasteiger partial charge on any atom is 0.311 e. The van der Waals surface area contributed by atoms with Crippen molar-refractivity contribution in [3.63, 3.8) is 0 Å². The molecule has 0 bridgehead atoms. The number of hydrogen-bond acceptors (Lipinski definition) is 3. The van der Waals surface area contributed by atoms with Crippen LogP contribution < -0.4 is 0 Å². The van der Waals surface area contributed by atoms with E-state index in [2.05, 4.69) is 6.58 Å². The molecule has 3 nitrogen and oxygen atoms in total. The SMILES string of the molecule is C=CC.CC1C(=O)OC[C@H](C)C1O. The molecule has 1 N–H and O–H groups in total.